The van der Waals surface area contributed by atoms with Gasteiger partial charge in [-0.05, 0) is 61.7 Å². The lowest BCUT2D eigenvalue weighted by Crippen LogP contribution is -2.46. The van der Waals surface area contributed by atoms with Crippen molar-refractivity contribution >= 4 is 5.69 Å². The molecule has 0 spiro atoms. The van der Waals surface area contributed by atoms with Gasteiger partial charge in [0, 0.05) is 37.9 Å². The molecule has 0 radical (unpaired) electrons. The van der Waals surface area contributed by atoms with E-state index in [1.54, 1.807) is 0 Å². The Kier molecular flexibility index (Phi) is 11.0. The van der Waals surface area contributed by atoms with Gasteiger partial charge in [-0.2, -0.15) is 0 Å². The molecular formula is C28H43N3O3. The highest BCUT2D eigenvalue weighted by Crippen LogP contribution is 2.19. The van der Waals surface area contributed by atoms with E-state index in [1.807, 2.05) is 38.1 Å². The molecule has 1 heterocycles. The van der Waals surface area contributed by atoms with Crippen molar-refractivity contribution in [3.05, 3.63) is 54.6 Å². The summed E-state index contributed by atoms with van der Waals surface area (Å²) in [6.45, 7) is 10.7. The van der Waals surface area contributed by atoms with E-state index in [0.717, 1.165) is 45.0 Å². The molecule has 2 atom stereocenters. The zero-order valence-corrected chi connectivity index (χ0v) is 20.9. The van der Waals surface area contributed by atoms with Gasteiger partial charge in [-0.15, -0.1) is 0 Å². The molecule has 1 aliphatic heterocycles. The Bertz CT molecular complexity index is 792. The molecule has 6 heteroatoms. The van der Waals surface area contributed by atoms with Crippen molar-refractivity contribution in [2.45, 2.75) is 51.7 Å². The largest absolute Gasteiger partial charge is 0.494 e. The fourth-order valence-corrected chi connectivity index (χ4v) is 4.22. The molecule has 0 aliphatic carbocycles. The van der Waals surface area contributed by atoms with Gasteiger partial charge in [-0.1, -0.05) is 44.9 Å². The third-order valence-corrected chi connectivity index (χ3v) is 6.59. The standard InChI is InChI=1S/C28H43N3O3/c1-23(2)28(29)27(32)22-34-26-14-12-25(13-15-26)33-21-9-4-3-8-16-30-17-19-31(20-18-30)24-10-6-5-7-11-24/h5-7,10-15,23,27-28,32H,3-4,8-9,16-22,29H2,1-2H3/t27-,28?/m1/s1. The van der Waals surface area contributed by atoms with Gasteiger partial charge in [0.2, 0.25) is 0 Å². The van der Waals surface area contributed by atoms with Crippen molar-refractivity contribution in [2.75, 3.05) is 50.8 Å². The van der Waals surface area contributed by atoms with Crippen molar-refractivity contribution < 1.29 is 14.6 Å². The zero-order chi connectivity index (χ0) is 24.2. The highest BCUT2D eigenvalue weighted by Gasteiger charge is 2.19. The number of ether oxygens (including phenoxy) is 2. The normalized spacial score (nSPS) is 16.4. The minimum absolute atomic E-state index is 0.197. The van der Waals surface area contributed by atoms with Crippen LogP contribution in [0, 0.1) is 5.92 Å². The van der Waals surface area contributed by atoms with Gasteiger partial charge in [-0.3, -0.25) is 4.90 Å². The van der Waals surface area contributed by atoms with E-state index in [0.29, 0.717) is 5.75 Å². The lowest BCUT2D eigenvalue weighted by Gasteiger charge is -2.36. The monoisotopic (exact) mass is 469 g/mol. The number of anilines is 1. The van der Waals surface area contributed by atoms with Crippen LogP contribution in [0.2, 0.25) is 0 Å². The Morgan fingerprint density at radius 2 is 1.44 bits per heavy atom. The number of rotatable bonds is 14. The van der Waals surface area contributed by atoms with Crippen molar-refractivity contribution in [1.82, 2.24) is 4.90 Å². The fraction of sp³-hybridized carbons (Fsp3) is 0.571. The minimum atomic E-state index is -0.671. The molecule has 0 aromatic heterocycles. The highest BCUT2D eigenvalue weighted by molar-refractivity contribution is 5.46. The predicted octanol–water partition coefficient (Wildman–Crippen LogP) is 4.17. The number of aliphatic hydroxyl groups excluding tert-OH is 1. The van der Waals surface area contributed by atoms with E-state index in [2.05, 4.69) is 40.1 Å². The first kappa shape index (κ1) is 26.3. The van der Waals surface area contributed by atoms with Crippen molar-refractivity contribution in [3.63, 3.8) is 0 Å². The second-order valence-corrected chi connectivity index (χ2v) is 9.60. The quantitative estimate of drug-likeness (QED) is 0.405. The van der Waals surface area contributed by atoms with Crippen LogP contribution in [0.1, 0.15) is 39.5 Å². The van der Waals surface area contributed by atoms with Gasteiger partial charge in [-0.25, -0.2) is 0 Å². The number of hydrogen-bond donors (Lipinski definition) is 2. The van der Waals surface area contributed by atoms with Crippen LogP contribution in [0.25, 0.3) is 0 Å². The topological polar surface area (TPSA) is 71.2 Å². The molecule has 1 unspecified atom stereocenters. The summed E-state index contributed by atoms with van der Waals surface area (Å²) in [6.07, 6.45) is 4.09. The molecule has 34 heavy (non-hydrogen) atoms. The molecular weight excluding hydrogens is 426 g/mol. The summed E-state index contributed by atoms with van der Waals surface area (Å²) in [5.74, 6) is 1.78. The first-order valence-electron chi connectivity index (χ1n) is 12.8. The Morgan fingerprint density at radius 3 is 2.09 bits per heavy atom. The SMILES string of the molecule is CC(C)C(N)[C@H](O)COc1ccc(OCCCCCCN2CCN(c3ccccc3)CC2)cc1. The van der Waals surface area contributed by atoms with Crippen LogP contribution in [-0.4, -0.2) is 68.1 Å². The van der Waals surface area contributed by atoms with Crippen LogP contribution in [0.4, 0.5) is 5.69 Å². The Labute approximate surface area is 205 Å². The highest BCUT2D eigenvalue weighted by atomic mass is 16.5. The van der Waals surface area contributed by atoms with Crippen molar-refractivity contribution in [1.29, 1.82) is 0 Å². The molecule has 6 nitrogen and oxygen atoms in total. The number of unbranched alkanes of at least 4 members (excludes halogenated alkanes) is 3. The summed E-state index contributed by atoms with van der Waals surface area (Å²) < 4.78 is 11.5. The summed E-state index contributed by atoms with van der Waals surface area (Å²) in [7, 11) is 0. The van der Waals surface area contributed by atoms with Crippen molar-refractivity contribution in [3.8, 4) is 11.5 Å². The summed E-state index contributed by atoms with van der Waals surface area (Å²) in [6, 6.07) is 18.0. The molecule has 3 N–H and O–H groups in total. The summed E-state index contributed by atoms with van der Waals surface area (Å²) in [5, 5.41) is 10.1. The summed E-state index contributed by atoms with van der Waals surface area (Å²) >= 11 is 0. The molecule has 0 amide bonds. The van der Waals surface area contributed by atoms with Crippen LogP contribution in [-0.2, 0) is 0 Å². The first-order chi connectivity index (χ1) is 16.5. The number of piperazine rings is 1. The van der Waals surface area contributed by atoms with Crippen LogP contribution >= 0.6 is 0 Å². The Morgan fingerprint density at radius 1 is 0.824 bits per heavy atom. The summed E-state index contributed by atoms with van der Waals surface area (Å²) in [4.78, 5) is 5.08. The summed E-state index contributed by atoms with van der Waals surface area (Å²) in [5.41, 5.74) is 7.30. The van der Waals surface area contributed by atoms with Gasteiger partial charge in [0.25, 0.3) is 0 Å². The molecule has 1 saturated heterocycles. The zero-order valence-electron chi connectivity index (χ0n) is 20.9. The second kappa shape index (κ2) is 14.2. The maximum atomic E-state index is 10.1. The molecule has 1 aliphatic rings. The Hall–Kier alpha value is -2.28. The van der Waals surface area contributed by atoms with Gasteiger partial charge in [0.1, 0.15) is 24.2 Å². The molecule has 1 fully saturated rings. The number of nitrogens with two attached hydrogens (primary N) is 1. The molecule has 188 valence electrons. The van der Waals surface area contributed by atoms with E-state index >= 15 is 0 Å². The van der Waals surface area contributed by atoms with E-state index < -0.39 is 6.10 Å². The Balaban J connectivity index is 1.20. The number of benzene rings is 2. The average Bonchev–Trinajstić information content (AvgIpc) is 2.87. The minimum Gasteiger partial charge on any atom is -0.494 e. The van der Waals surface area contributed by atoms with Gasteiger partial charge in [0.15, 0.2) is 0 Å². The third kappa shape index (κ3) is 8.82. The molecule has 2 aromatic carbocycles. The number of nitrogens with zero attached hydrogens (tertiary/aromatic N) is 2. The van der Waals surface area contributed by atoms with E-state index in [4.69, 9.17) is 15.2 Å². The number of para-hydroxylation sites is 1. The third-order valence-electron chi connectivity index (χ3n) is 6.59. The maximum Gasteiger partial charge on any atom is 0.119 e. The molecule has 2 aromatic rings. The average molecular weight is 470 g/mol. The number of hydrogen-bond acceptors (Lipinski definition) is 6. The maximum absolute atomic E-state index is 10.1. The van der Waals surface area contributed by atoms with Crippen LogP contribution in [0.15, 0.2) is 54.6 Å². The first-order valence-corrected chi connectivity index (χ1v) is 12.8. The van der Waals surface area contributed by atoms with E-state index in [-0.39, 0.29) is 18.6 Å². The van der Waals surface area contributed by atoms with E-state index in [9.17, 15) is 5.11 Å². The second-order valence-electron chi connectivity index (χ2n) is 9.60. The smallest absolute Gasteiger partial charge is 0.119 e. The van der Waals surface area contributed by atoms with Gasteiger partial charge >= 0.3 is 0 Å². The van der Waals surface area contributed by atoms with Crippen LogP contribution in [0.5, 0.6) is 11.5 Å². The lowest BCUT2D eigenvalue weighted by molar-refractivity contribution is 0.0715. The lowest BCUT2D eigenvalue weighted by atomic mass is 10.0. The molecule has 0 bridgehead atoms. The molecule has 0 saturated carbocycles. The fourth-order valence-electron chi connectivity index (χ4n) is 4.22. The van der Waals surface area contributed by atoms with E-state index in [1.165, 1.54) is 31.5 Å². The predicted molar refractivity (Wildman–Crippen MR) is 140 cm³/mol. The molecule has 3 rings (SSSR count). The van der Waals surface area contributed by atoms with Gasteiger partial charge < -0.3 is 25.2 Å². The van der Waals surface area contributed by atoms with Crippen LogP contribution < -0.4 is 20.1 Å². The number of aliphatic hydroxyl groups is 1. The van der Waals surface area contributed by atoms with Gasteiger partial charge in [0.05, 0.1) is 6.61 Å². The van der Waals surface area contributed by atoms with Crippen molar-refractivity contribution in [2.24, 2.45) is 11.7 Å². The van der Waals surface area contributed by atoms with Crippen LogP contribution in [0.3, 0.4) is 0 Å².